The second-order valence-electron chi connectivity index (χ2n) is 15.6. The first-order valence-electron chi connectivity index (χ1n) is 17.0. The number of sulfonamides is 1. The van der Waals surface area contributed by atoms with E-state index in [4.69, 9.17) is 5.73 Å². The number of Topliss-reactive ketones (excluding diaryl/α,β-unsaturated/α-hetero) is 1. The quantitative estimate of drug-likeness (QED) is 0.255. The van der Waals surface area contributed by atoms with E-state index in [-0.39, 0.29) is 34.6 Å². The van der Waals surface area contributed by atoms with Crippen LogP contribution in [0.1, 0.15) is 73.1 Å². The SMILES string of the molecule is CC(C)(C)[C@H](NC(=O)NC1CCCN(S(=O)(=O)c2ccccc2)C1)C(=O)N1C[C@H]2[C@@H]([C@H]1C(=O)NC(CC1CCC1)C(=O)C(N)=O)C2(C)C. The number of carbonyl (C=O) groups excluding carboxylic acids is 5. The maximum Gasteiger partial charge on any atom is 0.315 e. The van der Waals surface area contributed by atoms with Crippen LogP contribution in [-0.2, 0) is 29.2 Å². The number of fused-ring (bicyclic) bond motifs is 1. The average Bonchev–Trinajstić information content (AvgIpc) is 3.31. The van der Waals surface area contributed by atoms with Crippen molar-refractivity contribution in [3.8, 4) is 0 Å². The molecule has 6 atom stereocenters. The van der Waals surface area contributed by atoms with E-state index in [0.717, 1.165) is 19.3 Å². The molecule has 5 rings (SSSR count). The molecule has 2 aliphatic heterocycles. The molecule has 4 aliphatic rings. The van der Waals surface area contributed by atoms with Crippen LogP contribution in [0.4, 0.5) is 4.79 Å². The molecular weight excluding hydrogens is 636 g/mol. The first-order valence-corrected chi connectivity index (χ1v) is 18.4. The lowest BCUT2D eigenvalue weighted by atomic mass is 9.80. The Kier molecular flexibility index (Phi) is 10.00. The number of ketones is 1. The zero-order valence-electron chi connectivity index (χ0n) is 28.5. The molecule has 2 saturated heterocycles. The van der Waals surface area contributed by atoms with Crippen LogP contribution in [0, 0.1) is 28.6 Å². The van der Waals surface area contributed by atoms with Gasteiger partial charge in [-0.3, -0.25) is 19.2 Å². The molecule has 2 aliphatic carbocycles. The highest BCUT2D eigenvalue weighted by Crippen LogP contribution is 2.65. The zero-order chi connectivity index (χ0) is 35.2. The minimum Gasteiger partial charge on any atom is -0.363 e. The van der Waals surface area contributed by atoms with Crippen LogP contribution < -0.4 is 21.7 Å². The number of piperidine rings is 2. The molecule has 48 heavy (non-hydrogen) atoms. The summed E-state index contributed by atoms with van der Waals surface area (Å²) in [5, 5.41) is 8.49. The van der Waals surface area contributed by atoms with E-state index in [0.29, 0.717) is 32.4 Å². The highest BCUT2D eigenvalue weighted by atomic mass is 32.2. The van der Waals surface area contributed by atoms with Gasteiger partial charge in [-0.05, 0) is 60.0 Å². The van der Waals surface area contributed by atoms with E-state index in [1.165, 1.54) is 9.21 Å². The standard InChI is InChI=1S/C34H50N6O7S/c1-33(2,3)28(38-32(45)36-21-13-10-16-39(18-21)48(46,47)22-14-7-6-8-15-22)31(44)40-19-23-25(34(23,4)5)26(40)30(43)37-24(27(41)29(35)42)17-20-11-9-12-20/h6-8,14-15,20-21,23-26,28H,9-13,16-19H2,1-5H3,(H2,35,42)(H,37,43)(H2,36,38,45)/t21?,23-,24?,25-,26-,28+/m0/s1. The first kappa shape index (κ1) is 35.8. The molecule has 5 amide bonds. The Bertz CT molecular complexity index is 1540. The number of nitrogens with two attached hydrogens (primary N) is 1. The molecule has 14 heteroatoms. The number of rotatable bonds is 11. The molecule has 264 valence electrons. The van der Waals surface area contributed by atoms with Crippen molar-refractivity contribution < 1.29 is 32.4 Å². The Hall–Kier alpha value is -3.52. The molecule has 2 heterocycles. The lowest BCUT2D eigenvalue weighted by Gasteiger charge is -2.38. The number of primary amides is 1. The molecule has 4 fully saturated rings. The van der Waals surface area contributed by atoms with Crippen LogP contribution in [0.3, 0.4) is 0 Å². The summed E-state index contributed by atoms with van der Waals surface area (Å²) >= 11 is 0. The lowest BCUT2D eigenvalue weighted by molar-refractivity contribution is -0.145. The van der Waals surface area contributed by atoms with Gasteiger partial charge in [0.2, 0.25) is 27.6 Å². The highest BCUT2D eigenvalue weighted by Gasteiger charge is 2.70. The van der Waals surface area contributed by atoms with Crippen molar-refractivity contribution in [1.82, 2.24) is 25.2 Å². The van der Waals surface area contributed by atoms with Gasteiger partial charge in [0.05, 0.1) is 10.9 Å². The lowest BCUT2D eigenvalue weighted by Crippen LogP contribution is -2.62. The summed E-state index contributed by atoms with van der Waals surface area (Å²) in [6, 6.07) is 4.13. The van der Waals surface area contributed by atoms with E-state index in [2.05, 4.69) is 16.0 Å². The molecule has 0 bridgehead atoms. The zero-order valence-corrected chi connectivity index (χ0v) is 29.3. The molecule has 0 aromatic heterocycles. The van der Waals surface area contributed by atoms with Gasteiger partial charge >= 0.3 is 6.03 Å². The Morgan fingerprint density at radius 2 is 1.65 bits per heavy atom. The second kappa shape index (κ2) is 13.4. The van der Waals surface area contributed by atoms with E-state index < -0.39 is 69.1 Å². The topological polar surface area (TPSA) is 188 Å². The van der Waals surface area contributed by atoms with E-state index in [1.54, 1.807) is 30.3 Å². The van der Waals surface area contributed by atoms with Crippen molar-refractivity contribution in [3.63, 3.8) is 0 Å². The molecule has 5 N–H and O–H groups in total. The number of nitrogens with one attached hydrogen (secondary N) is 3. The molecule has 0 radical (unpaired) electrons. The van der Waals surface area contributed by atoms with E-state index >= 15 is 0 Å². The molecular formula is C34H50N6O7S. The third kappa shape index (κ3) is 7.24. The largest absolute Gasteiger partial charge is 0.363 e. The third-order valence-corrected chi connectivity index (χ3v) is 12.8. The predicted molar refractivity (Wildman–Crippen MR) is 177 cm³/mol. The number of carbonyl (C=O) groups is 5. The molecule has 2 saturated carbocycles. The fraction of sp³-hybridized carbons (Fsp3) is 0.676. The second-order valence-corrected chi connectivity index (χ2v) is 17.6. The van der Waals surface area contributed by atoms with Crippen LogP contribution in [0.15, 0.2) is 35.2 Å². The number of benzene rings is 1. The van der Waals surface area contributed by atoms with Crippen LogP contribution in [0.2, 0.25) is 0 Å². The summed E-state index contributed by atoms with van der Waals surface area (Å²) in [7, 11) is -3.73. The van der Waals surface area contributed by atoms with Gasteiger partial charge in [-0.2, -0.15) is 4.31 Å². The molecule has 0 spiro atoms. The van der Waals surface area contributed by atoms with Gasteiger partial charge in [0.15, 0.2) is 0 Å². The molecule has 2 unspecified atom stereocenters. The van der Waals surface area contributed by atoms with Crippen molar-refractivity contribution >= 4 is 39.6 Å². The molecule has 13 nitrogen and oxygen atoms in total. The van der Waals surface area contributed by atoms with Crippen molar-refractivity contribution in [1.29, 1.82) is 0 Å². The minimum absolute atomic E-state index is 0.0587. The van der Waals surface area contributed by atoms with Crippen LogP contribution in [0.5, 0.6) is 0 Å². The maximum atomic E-state index is 14.3. The van der Waals surface area contributed by atoms with Gasteiger partial charge in [-0.1, -0.05) is 72.1 Å². The summed E-state index contributed by atoms with van der Waals surface area (Å²) in [4.78, 5) is 67.9. The highest BCUT2D eigenvalue weighted by molar-refractivity contribution is 7.89. The number of amides is 5. The van der Waals surface area contributed by atoms with Crippen molar-refractivity contribution in [2.45, 2.75) is 102 Å². The van der Waals surface area contributed by atoms with E-state index in [1.807, 2.05) is 34.6 Å². The van der Waals surface area contributed by atoms with Crippen molar-refractivity contribution in [2.75, 3.05) is 19.6 Å². The maximum absolute atomic E-state index is 14.3. The predicted octanol–water partition coefficient (Wildman–Crippen LogP) is 1.77. The summed E-state index contributed by atoms with van der Waals surface area (Å²) in [6.45, 7) is 10.3. The normalized spacial score (nSPS) is 26.7. The molecule has 1 aromatic rings. The minimum atomic E-state index is -3.73. The summed E-state index contributed by atoms with van der Waals surface area (Å²) < 4.78 is 27.8. The Labute approximate surface area is 283 Å². The Morgan fingerprint density at radius 3 is 2.23 bits per heavy atom. The fourth-order valence-corrected chi connectivity index (χ4v) is 9.27. The smallest absolute Gasteiger partial charge is 0.315 e. The van der Waals surface area contributed by atoms with Gasteiger partial charge < -0.3 is 26.6 Å². The number of hydrogen-bond acceptors (Lipinski definition) is 7. The van der Waals surface area contributed by atoms with Crippen LogP contribution >= 0.6 is 0 Å². The van der Waals surface area contributed by atoms with Crippen molar-refractivity contribution in [2.24, 2.45) is 34.3 Å². The number of hydrogen-bond donors (Lipinski definition) is 4. The van der Waals surface area contributed by atoms with Gasteiger partial charge in [0, 0.05) is 25.7 Å². The average molecular weight is 687 g/mol. The van der Waals surface area contributed by atoms with Gasteiger partial charge in [0.25, 0.3) is 5.91 Å². The monoisotopic (exact) mass is 686 g/mol. The van der Waals surface area contributed by atoms with Gasteiger partial charge in [-0.15, -0.1) is 0 Å². The molecule has 1 aromatic carbocycles. The van der Waals surface area contributed by atoms with Crippen LogP contribution in [0.25, 0.3) is 0 Å². The number of nitrogens with zero attached hydrogens (tertiary/aromatic N) is 2. The van der Waals surface area contributed by atoms with Crippen LogP contribution in [-0.4, -0.2) is 91.0 Å². The van der Waals surface area contributed by atoms with E-state index in [9.17, 15) is 32.4 Å². The Balaban J connectivity index is 1.28. The summed E-state index contributed by atoms with van der Waals surface area (Å²) in [5.74, 6) is -2.75. The summed E-state index contributed by atoms with van der Waals surface area (Å²) in [5.41, 5.74) is 4.38. The van der Waals surface area contributed by atoms with Gasteiger partial charge in [0.1, 0.15) is 12.1 Å². The fourth-order valence-electron chi connectivity index (χ4n) is 7.73. The van der Waals surface area contributed by atoms with Gasteiger partial charge in [-0.25, -0.2) is 13.2 Å². The van der Waals surface area contributed by atoms with Crippen molar-refractivity contribution in [3.05, 3.63) is 30.3 Å². The number of likely N-dealkylation sites (tertiary alicyclic amines) is 1. The first-order chi connectivity index (χ1) is 22.4. The Morgan fingerprint density at radius 1 is 0.979 bits per heavy atom. The number of urea groups is 1. The third-order valence-electron chi connectivity index (χ3n) is 10.9. The summed E-state index contributed by atoms with van der Waals surface area (Å²) in [6.07, 6.45) is 4.30.